The molecule has 0 saturated carbocycles. The van der Waals surface area contributed by atoms with Crippen LogP contribution in [0.2, 0.25) is 10.0 Å². The highest BCUT2D eigenvalue weighted by Gasteiger charge is 2.10. The molecule has 0 fully saturated rings. The molecular formula is C22H23BrCl2N4O4. The van der Waals surface area contributed by atoms with Crippen LogP contribution in [0.15, 0.2) is 50.8 Å². The molecule has 0 aliphatic heterocycles. The van der Waals surface area contributed by atoms with Gasteiger partial charge < -0.3 is 4.74 Å². The molecule has 0 aliphatic rings. The number of hydrogen-bond donors (Lipinski definition) is 2. The number of ether oxygens (including phenoxy) is 1. The molecule has 2 aromatic carbocycles. The minimum Gasteiger partial charge on any atom is -0.477 e. The fourth-order valence-electron chi connectivity index (χ4n) is 2.84. The van der Waals surface area contributed by atoms with Crippen molar-refractivity contribution in [2.75, 3.05) is 11.9 Å². The van der Waals surface area contributed by atoms with Crippen molar-refractivity contribution in [2.24, 2.45) is 0 Å². The maximum absolute atomic E-state index is 12.1. The van der Waals surface area contributed by atoms with Gasteiger partial charge in [0.2, 0.25) is 5.88 Å². The van der Waals surface area contributed by atoms with Crippen molar-refractivity contribution in [1.29, 1.82) is 0 Å². The number of H-pyrrole nitrogens is 2. The van der Waals surface area contributed by atoms with Crippen LogP contribution in [0.1, 0.15) is 20.8 Å². The Morgan fingerprint density at radius 3 is 1.94 bits per heavy atom. The Labute approximate surface area is 207 Å². The smallest absolute Gasteiger partial charge is 0.274 e. The summed E-state index contributed by atoms with van der Waals surface area (Å²) >= 11 is 14.7. The lowest BCUT2D eigenvalue weighted by Gasteiger charge is -2.09. The molecule has 2 aromatic heterocycles. The fourth-order valence-corrected chi connectivity index (χ4v) is 3.18. The molecule has 0 spiro atoms. The Morgan fingerprint density at radius 2 is 1.39 bits per heavy atom. The molecule has 0 saturated heterocycles. The second-order valence-electron chi connectivity index (χ2n) is 6.41. The van der Waals surface area contributed by atoms with E-state index in [-0.39, 0.29) is 16.7 Å². The van der Waals surface area contributed by atoms with Crippen LogP contribution in [0.4, 0.5) is 0 Å². The van der Waals surface area contributed by atoms with Crippen LogP contribution in [0.25, 0.3) is 21.5 Å². The van der Waals surface area contributed by atoms with Crippen molar-refractivity contribution in [3.63, 3.8) is 0 Å². The zero-order valence-corrected chi connectivity index (χ0v) is 21.3. The molecule has 2 heterocycles. The van der Waals surface area contributed by atoms with E-state index >= 15 is 0 Å². The van der Waals surface area contributed by atoms with Gasteiger partial charge in [-0.3, -0.25) is 24.6 Å². The number of halogens is 3. The Morgan fingerprint density at radius 1 is 0.879 bits per heavy atom. The topological polar surface area (TPSA) is 110 Å². The average molecular weight is 558 g/mol. The Hall–Kier alpha value is -2.62. The highest BCUT2D eigenvalue weighted by molar-refractivity contribution is 9.09. The van der Waals surface area contributed by atoms with Crippen molar-refractivity contribution >= 4 is 60.7 Å². The van der Waals surface area contributed by atoms with Crippen molar-refractivity contribution in [3.05, 3.63) is 77.5 Å². The van der Waals surface area contributed by atoms with E-state index in [1.54, 1.807) is 24.3 Å². The minimum absolute atomic E-state index is 0.145. The van der Waals surface area contributed by atoms with E-state index in [1.807, 2.05) is 20.8 Å². The average Bonchev–Trinajstić information content (AvgIpc) is 2.79. The molecular weight excluding hydrogens is 535 g/mol. The predicted molar refractivity (Wildman–Crippen MR) is 138 cm³/mol. The monoisotopic (exact) mass is 556 g/mol. The largest absolute Gasteiger partial charge is 0.477 e. The van der Waals surface area contributed by atoms with Crippen LogP contribution >= 0.6 is 39.1 Å². The summed E-state index contributed by atoms with van der Waals surface area (Å²) in [6, 6.07) is 9.69. The summed E-state index contributed by atoms with van der Waals surface area (Å²) in [5.74, 6) is 0.473. The van der Waals surface area contributed by atoms with Crippen LogP contribution in [0.3, 0.4) is 0 Å². The van der Waals surface area contributed by atoms with Gasteiger partial charge in [-0.25, -0.2) is 4.68 Å². The van der Waals surface area contributed by atoms with Crippen LogP contribution in [0, 0.1) is 0 Å². The number of aromatic amines is 2. The van der Waals surface area contributed by atoms with E-state index in [2.05, 4.69) is 31.2 Å². The molecule has 0 bridgehead atoms. The van der Waals surface area contributed by atoms with Gasteiger partial charge in [0.05, 0.1) is 28.2 Å². The van der Waals surface area contributed by atoms with Gasteiger partial charge in [-0.2, -0.15) is 0 Å². The summed E-state index contributed by atoms with van der Waals surface area (Å²) < 4.78 is 6.82. The third-order valence-corrected chi connectivity index (χ3v) is 4.70. The lowest BCUT2D eigenvalue weighted by atomic mass is 10.2. The molecule has 0 atom stereocenters. The standard InChI is InChI=1S/C12H13ClN2O2.C8H5ClN2O2.C2H5Br/c1-3-15-12(16)10-7-8(13)5-6-9(10)11(14-15)17-4-2;9-4-1-2-5-6(3-4)8(13)11-10-7(5)12;1-2-3/h5-7H,3-4H2,1-2H3;1-3H,(H,10,12)(H,11,13);2H2,1H3. The third kappa shape index (κ3) is 6.69. The molecule has 4 aromatic rings. The number of alkyl halides is 1. The first-order chi connectivity index (χ1) is 15.8. The Bertz CT molecular complexity index is 1420. The molecule has 176 valence electrons. The maximum Gasteiger partial charge on any atom is 0.274 e. The summed E-state index contributed by atoms with van der Waals surface area (Å²) in [4.78, 5) is 34.4. The number of rotatable bonds is 3. The second-order valence-corrected chi connectivity index (χ2v) is 8.41. The van der Waals surface area contributed by atoms with E-state index in [9.17, 15) is 14.4 Å². The van der Waals surface area contributed by atoms with Gasteiger partial charge in [0, 0.05) is 21.9 Å². The van der Waals surface area contributed by atoms with Gasteiger partial charge in [-0.05, 0) is 50.2 Å². The van der Waals surface area contributed by atoms with Gasteiger partial charge in [-0.15, -0.1) is 5.10 Å². The van der Waals surface area contributed by atoms with Crippen LogP contribution in [-0.2, 0) is 6.54 Å². The summed E-state index contributed by atoms with van der Waals surface area (Å²) in [6.07, 6.45) is 0. The number of nitrogens with zero attached hydrogens (tertiary/aromatic N) is 2. The van der Waals surface area contributed by atoms with E-state index in [1.165, 1.54) is 16.8 Å². The molecule has 11 heteroatoms. The second kappa shape index (κ2) is 12.6. The summed E-state index contributed by atoms with van der Waals surface area (Å²) in [6.45, 7) is 6.79. The molecule has 0 amide bonds. The van der Waals surface area contributed by atoms with Crippen molar-refractivity contribution in [1.82, 2.24) is 20.0 Å². The number of nitrogens with one attached hydrogen (secondary N) is 2. The molecule has 4 rings (SSSR count). The zero-order chi connectivity index (χ0) is 24.5. The normalized spacial score (nSPS) is 10.2. The summed E-state index contributed by atoms with van der Waals surface area (Å²) in [5.41, 5.74) is -0.822. The molecule has 0 aliphatic carbocycles. The van der Waals surface area contributed by atoms with Crippen molar-refractivity contribution in [3.8, 4) is 5.88 Å². The van der Waals surface area contributed by atoms with Crippen molar-refractivity contribution in [2.45, 2.75) is 27.3 Å². The van der Waals surface area contributed by atoms with Gasteiger partial charge >= 0.3 is 0 Å². The lowest BCUT2D eigenvalue weighted by Crippen LogP contribution is -2.23. The first-order valence-corrected chi connectivity index (χ1v) is 11.9. The van der Waals surface area contributed by atoms with E-state index in [0.29, 0.717) is 50.6 Å². The van der Waals surface area contributed by atoms with Gasteiger partial charge in [0.1, 0.15) is 0 Å². The molecule has 0 unspecified atom stereocenters. The Balaban J connectivity index is 0.000000214. The van der Waals surface area contributed by atoms with Crippen LogP contribution in [0.5, 0.6) is 5.88 Å². The summed E-state index contributed by atoms with van der Waals surface area (Å²) in [5, 5.41) is 12.5. The molecule has 2 N–H and O–H groups in total. The highest BCUT2D eigenvalue weighted by atomic mass is 79.9. The predicted octanol–water partition coefficient (Wildman–Crippen LogP) is 4.74. The first kappa shape index (κ1) is 26.6. The molecule has 0 radical (unpaired) electrons. The fraction of sp³-hybridized carbons (Fsp3) is 0.273. The quantitative estimate of drug-likeness (QED) is 0.353. The zero-order valence-electron chi connectivity index (χ0n) is 18.2. The van der Waals surface area contributed by atoms with E-state index < -0.39 is 0 Å². The van der Waals surface area contributed by atoms with Crippen molar-refractivity contribution < 1.29 is 4.74 Å². The number of aromatic nitrogens is 4. The number of aryl methyl sites for hydroxylation is 1. The number of benzene rings is 2. The van der Waals surface area contributed by atoms with Crippen LogP contribution in [-0.4, -0.2) is 31.9 Å². The lowest BCUT2D eigenvalue weighted by molar-refractivity contribution is 0.319. The van der Waals surface area contributed by atoms with E-state index in [4.69, 9.17) is 27.9 Å². The SMILES string of the molecule is CCBr.CCOc1nn(CC)c(=O)c2cc(Cl)ccc12.O=c1[nH][nH]c(=O)c2cc(Cl)ccc12. The molecule has 33 heavy (non-hydrogen) atoms. The Kier molecular flexibility index (Phi) is 10.1. The van der Waals surface area contributed by atoms with Gasteiger partial charge in [0.15, 0.2) is 0 Å². The highest BCUT2D eigenvalue weighted by Crippen LogP contribution is 2.23. The van der Waals surface area contributed by atoms with Gasteiger partial charge in [-0.1, -0.05) is 46.1 Å². The number of fused-ring (bicyclic) bond motifs is 2. The minimum atomic E-state index is -0.350. The molecule has 8 nitrogen and oxygen atoms in total. The third-order valence-electron chi connectivity index (χ3n) is 4.23. The first-order valence-electron chi connectivity index (χ1n) is 10.1. The van der Waals surface area contributed by atoms with Crippen LogP contribution < -0.4 is 21.4 Å². The van der Waals surface area contributed by atoms with Gasteiger partial charge in [0.25, 0.3) is 16.7 Å². The van der Waals surface area contributed by atoms with E-state index in [0.717, 1.165) is 5.33 Å². The maximum atomic E-state index is 12.1. The number of hydrogen-bond acceptors (Lipinski definition) is 5. The summed E-state index contributed by atoms with van der Waals surface area (Å²) in [7, 11) is 0.